The number of nitrogens with one attached hydrogen (secondary N) is 1. The molecule has 3 atom stereocenters. The van der Waals surface area contributed by atoms with E-state index in [-0.39, 0.29) is 0 Å². The average Bonchev–Trinajstić information content (AvgIpc) is 2.74. The van der Waals surface area contributed by atoms with Crippen LogP contribution in [0.15, 0.2) is 0 Å². The van der Waals surface area contributed by atoms with Gasteiger partial charge in [0.25, 0.3) is 0 Å². The van der Waals surface area contributed by atoms with Gasteiger partial charge < -0.3 is 10.1 Å². The van der Waals surface area contributed by atoms with Crippen LogP contribution in [0.4, 0.5) is 0 Å². The van der Waals surface area contributed by atoms with Gasteiger partial charge in [-0.05, 0) is 31.7 Å². The quantitative estimate of drug-likeness (QED) is 0.764. The molecule has 92 valence electrons. The second-order valence-electron chi connectivity index (χ2n) is 5.62. The van der Waals surface area contributed by atoms with Crippen LogP contribution in [0.1, 0.15) is 32.1 Å². The van der Waals surface area contributed by atoms with Crippen LogP contribution in [0.5, 0.6) is 0 Å². The molecule has 0 bridgehead atoms. The highest BCUT2D eigenvalue weighted by molar-refractivity contribution is 4.91. The van der Waals surface area contributed by atoms with E-state index in [4.69, 9.17) is 4.74 Å². The van der Waals surface area contributed by atoms with E-state index in [1.807, 2.05) is 0 Å². The van der Waals surface area contributed by atoms with Gasteiger partial charge in [-0.2, -0.15) is 0 Å². The topological polar surface area (TPSA) is 24.5 Å². The van der Waals surface area contributed by atoms with E-state index in [2.05, 4.69) is 10.2 Å². The highest BCUT2D eigenvalue weighted by Crippen LogP contribution is 2.36. The monoisotopic (exact) mass is 224 g/mol. The molecule has 0 radical (unpaired) electrons. The van der Waals surface area contributed by atoms with Crippen molar-refractivity contribution >= 4 is 0 Å². The first kappa shape index (κ1) is 11.0. The lowest BCUT2D eigenvalue weighted by atomic mass is 9.85. The van der Waals surface area contributed by atoms with Gasteiger partial charge in [0.2, 0.25) is 0 Å². The van der Waals surface area contributed by atoms with Gasteiger partial charge in [-0.15, -0.1) is 0 Å². The summed E-state index contributed by atoms with van der Waals surface area (Å²) in [6.07, 6.45) is 7.29. The summed E-state index contributed by atoms with van der Waals surface area (Å²) in [4.78, 5) is 2.73. The van der Waals surface area contributed by atoms with Crippen molar-refractivity contribution in [2.75, 3.05) is 32.8 Å². The van der Waals surface area contributed by atoms with Crippen molar-refractivity contribution in [2.45, 2.75) is 44.2 Å². The van der Waals surface area contributed by atoms with Crippen LogP contribution >= 0.6 is 0 Å². The Hall–Kier alpha value is -0.120. The highest BCUT2D eigenvalue weighted by Gasteiger charge is 2.36. The third kappa shape index (κ3) is 2.27. The third-order valence-electron chi connectivity index (χ3n) is 4.58. The van der Waals surface area contributed by atoms with E-state index in [0.29, 0.717) is 6.04 Å². The molecule has 2 saturated heterocycles. The first-order chi connectivity index (χ1) is 7.93. The van der Waals surface area contributed by atoms with E-state index in [1.165, 1.54) is 45.2 Å². The fraction of sp³-hybridized carbons (Fsp3) is 1.00. The van der Waals surface area contributed by atoms with Gasteiger partial charge in [0.05, 0.1) is 13.2 Å². The molecule has 3 unspecified atom stereocenters. The van der Waals surface area contributed by atoms with Crippen molar-refractivity contribution in [3.8, 4) is 0 Å². The van der Waals surface area contributed by atoms with E-state index in [0.717, 1.165) is 31.7 Å². The number of likely N-dealkylation sites (tertiary alicyclic amines) is 1. The molecule has 2 heterocycles. The molecule has 3 fully saturated rings. The third-order valence-corrected chi connectivity index (χ3v) is 4.58. The van der Waals surface area contributed by atoms with Gasteiger partial charge in [-0.3, -0.25) is 4.90 Å². The lowest BCUT2D eigenvalue weighted by Gasteiger charge is -2.35. The Labute approximate surface area is 98.5 Å². The second-order valence-corrected chi connectivity index (χ2v) is 5.62. The van der Waals surface area contributed by atoms with E-state index in [9.17, 15) is 0 Å². The number of fused-ring (bicyclic) bond motifs is 1. The Morgan fingerprint density at radius 1 is 1.19 bits per heavy atom. The van der Waals surface area contributed by atoms with Crippen molar-refractivity contribution < 1.29 is 4.74 Å². The summed E-state index contributed by atoms with van der Waals surface area (Å²) in [5, 5.41) is 3.57. The van der Waals surface area contributed by atoms with Gasteiger partial charge in [0.1, 0.15) is 0 Å². The molecule has 0 aromatic carbocycles. The maximum Gasteiger partial charge on any atom is 0.0632 e. The summed E-state index contributed by atoms with van der Waals surface area (Å²) in [6.45, 7) is 5.37. The Bertz CT molecular complexity index is 228. The van der Waals surface area contributed by atoms with E-state index < -0.39 is 0 Å². The molecule has 1 saturated carbocycles. The summed E-state index contributed by atoms with van der Waals surface area (Å²) in [5.74, 6) is 1.01. The number of hydrogen-bond acceptors (Lipinski definition) is 3. The van der Waals surface area contributed by atoms with Crippen LogP contribution in [0, 0.1) is 5.92 Å². The molecule has 3 nitrogen and oxygen atoms in total. The van der Waals surface area contributed by atoms with Gasteiger partial charge in [-0.1, -0.05) is 12.8 Å². The van der Waals surface area contributed by atoms with Crippen molar-refractivity contribution in [3.05, 3.63) is 0 Å². The predicted molar refractivity (Wildman–Crippen MR) is 64.5 cm³/mol. The molecule has 0 amide bonds. The standard InChI is InChI=1S/C13H24N2O/c1-2-4-13-11(3-1)5-7-15(13)9-12-10-16-8-6-14-12/h11-14H,1-10H2. The Morgan fingerprint density at radius 3 is 3.00 bits per heavy atom. The smallest absolute Gasteiger partial charge is 0.0632 e. The minimum Gasteiger partial charge on any atom is -0.378 e. The van der Waals surface area contributed by atoms with Gasteiger partial charge in [0.15, 0.2) is 0 Å². The molecule has 1 aliphatic carbocycles. The summed E-state index contributed by atoms with van der Waals surface area (Å²) < 4.78 is 5.54. The summed E-state index contributed by atoms with van der Waals surface area (Å²) >= 11 is 0. The lowest BCUT2D eigenvalue weighted by Crippen LogP contribution is -2.50. The van der Waals surface area contributed by atoms with Crippen LogP contribution in [-0.4, -0.2) is 49.8 Å². The molecule has 3 heteroatoms. The van der Waals surface area contributed by atoms with Crippen molar-refractivity contribution in [2.24, 2.45) is 5.92 Å². The number of hydrogen-bond donors (Lipinski definition) is 1. The zero-order chi connectivity index (χ0) is 10.8. The summed E-state index contributed by atoms with van der Waals surface area (Å²) in [5.41, 5.74) is 0. The fourth-order valence-corrected chi connectivity index (χ4v) is 3.75. The van der Waals surface area contributed by atoms with E-state index in [1.54, 1.807) is 0 Å². The largest absolute Gasteiger partial charge is 0.378 e. The van der Waals surface area contributed by atoms with Crippen molar-refractivity contribution in [3.63, 3.8) is 0 Å². The fourth-order valence-electron chi connectivity index (χ4n) is 3.75. The normalized spacial score (nSPS) is 40.9. The van der Waals surface area contributed by atoms with Gasteiger partial charge in [0, 0.05) is 25.2 Å². The molecule has 3 aliphatic rings. The summed E-state index contributed by atoms with van der Waals surface area (Å²) in [6, 6.07) is 1.48. The molecule has 0 aromatic heterocycles. The number of rotatable bonds is 2. The Balaban J connectivity index is 1.54. The lowest BCUT2D eigenvalue weighted by molar-refractivity contribution is 0.0555. The number of morpholine rings is 1. The zero-order valence-corrected chi connectivity index (χ0v) is 10.2. The number of ether oxygens (including phenoxy) is 1. The highest BCUT2D eigenvalue weighted by atomic mass is 16.5. The molecule has 0 aromatic rings. The summed E-state index contributed by atoms with van der Waals surface area (Å²) in [7, 11) is 0. The molecule has 0 spiro atoms. The molecular weight excluding hydrogens is 200 g/mol. The molecule has 3 rings (SSSR count). The first-order valence-electron chi connectivity index (χ1n) is 6.98. The maximum absolute atomic E-state index is 5.54. The SMILES string of the molecule is C1CCC2C(C1)CCN2CC1COCCN1. The van der Waals surface area contributed by atoms with Crippen LogP contribution in [-0.2, 0) is 4.74 Å². The van der Waals surface area contributed by atoms with E-state index >= 15 is 0 Å². The second kappa shape index (κ2) is 5.03. The van der Waals surface area contributed by atoms with Crippen LogP contribution in [0.3, 0.4) is 0 Å². The first-order valence-corrected chi connectivity index (χ1v) is 6.98. The minimum absolute atomic E-state index is 0.578. The zero-order valence-electron chi connectivity index (χ0n) is 10.2. The van der Waals surface area contributed by atoms with Crippen LogP contribution in [0.2, 0.25) is 0 Å². The van der Waals surface area contributed by atoms with Crippen LogP contribution < -0.4 is 5.32 Å². The molecule has 2 aliphatic heterocycles. The molecule has 1 N–H and O–H groups in total. The molecular formula is C13H24N2O. The van der Waals surface area contributed by atoms with Gasteiger partial charge in [-0.25, -0.2) is 0 Å². The van der Waals surface area contributed by atoms with Crippen molar-refractivity contribution in [1.29, 1.82) is 0 Å². The van der Waals surface area contributed by atoms with Crippen molar-refractivity contribution in [1.82, 2.24) is 10.2 Å². The van der Waals surface area contributed by atoms with Gasteiger partial charge >= 0.3 is 0 Å². The Morgan fingerprint density at radius 2 is 2.12 bits per heavy atom. The average molecular weight is 224 g/mol. The molecule has 16 heavy (non-hydrogen) atoms. The van der Waals surface area contributed by atoms with Crippen LogP contribution in [0.25, 0.3) is 0 Å². The number of nitrogens with zero attached hydrogens (tertiary/aromatic N) is 1. The Kier molecular flexibility index (Phi) is 3.46. The predicted octanol–water partition coefficient (Wildman–Crippen LogP) is 1.24. The minimum atomic E-state index is 0.578. The maximum atomic E-state index is 5.54.